The summed E-state index contributed by atoms with van der Waals surface area (Å²) in [6, 6.07) is 5.09. The Morgan fingerprint density at radius 2 is 2.16 bits per heavy atom. The van der Waals surface area contributed by atoms with Gasteiger partial charge in [-0.2, -0.15) is 11.8 Å². The van der Waals surface area contributed by atoms with Gasteiger partial charge in [-0.15, -0.1) is 0 Å². The minimum absolute atomic E-state index is 0.157. The van der Waals surface area contributed by atoms with Gasteiger partial charge in [-0.25, -0.2) is 4.39 Å². The van der Waals surface area contributed by atoms with Crippen molar-refractivity contribution in [3.63, 3.8) is 0 Å². The van der Waals surface area contributed by atoms with Crippen molar-refractivity contribution in [1.29, 1.82) is 0 Å². The highest BCUT2D eigenvalue weighted by Crippen LogP contribution is 2.30. The lowest BCUT2D eigenvalue weighted by molar-refractivity contribution is 0.568. The number of thioether (sulfide) groups is 1. The summed E-state index contributed by atoms with van der Waals surface area (Å²) in [6.07, 6.45) is 6.11. The lowest BCUT2D eigenvalue weighted by Crippen LogP contribution is -2.31. The van der Waals surface area contributed by atoms with Crippen molar-refractivity contribution >= 4 is 23.4 Å². The van der Waals surface area contributed by atoms with Crippen LogP contribution in [0.15, 0.2) is 18.2 Å². The van der Waals surface area contributed by atoms with Gasteiger partial charge in [0.25, 0.3) is 0 Å². The molecule has 1 fully saturated rings. The van der Waals surface area contributed by atoms with E-state index in [1.54, 1.807) is 12.1 Å². The average molecular weight is 302 g/mol. The molecule has 2 rings (SSSR count). The Bertz CT molecular complexity index is 407. The quantitative estimate of drug-likeness (QED) is 0.841. The van der Waals surface area contributed by atoms with Crippen LogP contribution in [0.4, 0.5) is 4.39 Å². The van der Waals surface area contributed by atoms with Crippen molar-refractivity contribution in [1.82, 2.24) is 5.32 Å². The molecular weight excluding hydrogens is 281 g/mol. The summed E-state index contributed by atoms with van der Waals surface area (Å²) in [5.74, 6) is 0.878. The van der Waals surface area contributed by atoms with E-state index >= 15 is 0 Å². The average Bonchev–Trinajstić information content (AvgIpc) is 2.91. The largest absolute Gasteiger partial charge is 0.316 e. The van der Waals surface area contributed by atoms with E-state index in [1.807, 2.05) is 18.8 Å². The molecule has 0 saturated heterocycles. The predicted molar refractivity (Wildman–Crippen MR) is 82.7 cm³/mol. The molecule has 1 N–H and O–H groups in total. The van der Waals surface area contributed by atoms with E-state index in [0.717, 1.165) is 11.0 Å². The van der Waals surface area contributed by atoms with Gasteiger partial charge in [0.1, 0.15) is 5.82 Å². The summed E-state index contributed by atoms with van der Waals surface area (Å²) < 4.78 is 13.7. The Kier molecular flexibility index (Phi) is 5.99. The van der Waals surface area contributed by atoms with E-state index in [9.17, 15) is 4.39 Å². The topological polar surface area (TPSA) is 12.0 Å². The SMILES string of the molecule is CNC(CSC1CCCC1)Cc1cc(Cl)ccc1F. The van der Waals surface area contributed by atoms with Gasteiger partial charge >= 0.3 is 0 Å². The Balaban J connectivity index is 1.88. The van der Waals surface area contributed by atoms with Crippen LogP contribution in [0.3, 0.4) is 0 Å². The molecule has 1 unspecified atom stereocenters. The van der Waals surface area contributed by atoms with Crippen LogP contribution in [0.25, 0.3) is 0 Å². The Morgan fingerprint density at radius 3 is 2.84 bits per heavy atom. The highest BCUT2D eigenvalue weighted by molar-refractivity contribution is 7.99. The van der Waals surface area contributed by atoms with Crippen LogP contribution in [-0.4, -0.2) is 24.1 Å². The maximum atomic E-state index is 13.7. The molecule has 1 aromatic carbocycles. The molecule has 1 aliphatic carbocycles. The predicted octanol–water partition coefficient (Wildman–Crippen LogP) is 4.29. The van der Waals surface area contributed by atoms with E-state index in [-0.39, 0.29) is 5.82 Å². The molecule has 106 valence electrons. The molecule has 0 spiro atoms. The fourth-order valence-electron chi connectivity index (χ4n) is 2.52. The van der Waals surface area contributed by atoms with E-state index < -0.39 is 0 Å². The van der Waals surface area contributed by atoms with Gasteiger partial charge in [-0.1, -0.05) is 24.4 Å². The van der Waals surface area contributed by atoms with Crippen LogP contribution in [0.1, 0.15) is 31.2 Å². The minimum Gasteiger partial charge on any atom is -0.316 e. The molecule has 4 heteroatoms. The maximum absolute atomic E-state index is 13.7. The Hall–Kier alpha value is -0.250. The second kappa shape index (κ2) is 7.51. The zero-order valence-electron chi connectivity index (χ0n) is 11.3. The number of hydrogen-bond donors (Lipinski definition) is 1. The number of benzene rings is 1. The molecule has 1 aromatic rings. The third kappa shape index (κ3) is 4.66. The van der Waals surface area contributed by atoms with Gasteiger partial charge in [-0.3, -0.25) is 0 Å². The molecule has 1 saturated carbocycles. The first-order valence-corrected chi connectivity index (χ1v) is 8.34. The van der Waals surface area contributed by atoms with Crippen molar-refractivity contribution < 1.29 is 4.39 Å². The van der Waals surface area contributed by atoms with Crippen LogP contribution in [0, 0.1) is 5.82 Å². The Morgan fingerprint density at radius 1 is 1.42 bits per heavy atom. The van der Waals surface area contributed by atoms with Crippen molar-refractivity contribution in [3.8, 4) is 0 Å². The smallest absolute Gasteiger partial charge is 0.126 e. The lowest BCUT2D eigenvalue weighted by atomic mass is 10.1. The number of halogens is 2. The summed E-state index contributed by atoms with van der Waals surface area (Å²) in [7, 11) is 1.95. The van der Waals surface area contributed by atoms with E-state index in [2.05, 4.69) is 5.32 Å². The highest BCUT2D eigenvalue weighted by atomic mass is 35.5. The zero-order valence-corrected chi connectivity index (χ0v) is 12.9. The lowest BCUT2D eigenvalue weighted by Gasteiger charge is -2.18. The first-order valence-electron chi connectivity index (χ1n) is 6.92. The van der Waals surface area contributed by atoms with E-state index in [4.69, 9.17) is 11.6 Å². The third-order valence-electron chi connectivity index (χ3n) is 3.72. The molecule has 1 nitrogen and oxygen atoms in total. The second-order valence-corrected chi connectivity index (χ2v) is 6.94. The van der Waals surface area contributed by atoms with Crippen LogP contribution in [0.2, 0.25) is 5.02 Å². The van der Waals surface area contributed by atoms with Crippen molar-refractivity contribution in [3.05, 3.63) is 34.6 Å². The van der Waals surface area contributed by atoms with Gasteiger partial charge < -0.3 is 5.32 Å². The number of hydrogen-bond acceptors (Lipinski definition) is 2. The number of likely N-dealkylation sites (N-methyl/N-ethyl adjacent to an activating group) is 1. The molecule has 0 radical (unpaired) electrons. The van der Waals surface area contributed by atoms with E-state index in [0.29, 0.717) is 23.0 Å². The molecule has 19 heavy (non-hydrogen) atoms. The molecule has 1 atom stereocenters. The van der Waals surface area contributed by atoms with Crippen LogP contribution in [0.5, 0.6) is 0 Å². The first kappa shape index (κ1) is 15.1. The summed E-state index contributed by atoms with van der Waals surface area (Å²) in [6.45, 7) is 0. The maximum Gasteiger partial charge on any atom is 0.126 e. The molecule has 0 aliphatic heterocycles. The highest BCUT2D eigenvalue weighted by Gasteiger charge is 2.18. The van der Waals surface area contributed by atoms with E-state index in [1.165, 1.54) is 31.7 Å². The molecule has 0 heterocycles. The number of nitrogens with one attached hydrogen (secondary N) is 1. The van der Waals surface area contributed by atoms with Crippen LogP contribution >= 0.6 is 23.4 Å². The van der Waals surface area contributed by atoms with Gasteiger partial charge in [-0.05, 0) is 50.1 Å². The molecule has 0 amide bonds. The minimum atomic E-state index is -0.157. The normalized spacial score (nSPS) is 17.8. The second-order valence-electron chi connectivity index (χ2n) is 5.17. The summed E-state index contributed by atoms with van der Waals surface area (Å²) in [5.41, 5.74) is 0.707. The van der Waals surface area contributed by atoms with Crippen molar-refractivity contribution in [2.24, 2.45) is 0 Å². The fraction of sp³-hybridized carbons (Fsp3) is 0.600. The van der Waals surface area contributed by atoms with Crippen LogP contribution < -0.4 is 5.32 Å². The van der Waals surface area contributed by atoms with Gasteiger partial charge in [0, 0.05) is 22.1 Å². The monoisotopic (exact) mass is 301 g/mol. The molecular formula is C15H21ClFNS. The summed E-state index contributed by atoms with van der Waals surface area (Å²) in [5, 5.41) is 4.70. The van der Waals surface area contributed by atoms with Gasteiger partial charge in [0.05, 0.1) is 0 Å². The number of rotatable bonds is 6. The fourth-order valence-corrected chi connectivity index (χ4v) is 4.17. The first-order chi connectivity index (χ1) is 9.19. The Labute approximate surface area is 124 Å². The summed E-state index contributed by atoms with van der Waals surface area (Å²) in [4.78, 5) is 0. The molecule has 0 aromatic heterocycles. The molecule has 1 aliphatic rings. The van der Waals surface area contributed by atoms with Gasteiger partial charge in [0.2, 0.25) is 0 Å². The summed E-state index contributed by atoms with van der Waals surface area (Å²) >= 11 is 7.96. The van der Waals surface area contributed by atoms with Crippen molar-refractivity contribution in [2.45, 2.75) is 43.4 Å². The van der Waals surface area contributed by atoms with Crippen molar-refractivity contribution in [2.75, 3.05) is 12.8 Å². The van der Waals surface area contributed by atoms with Gasteiger partial charge in [0.15, 0.2) is 0 Å². The third-order valence-corrected chi connectivity index (χ3v) is 5.49. The zero-order chi connectivity index (χ0) is 13.7. The molecule has 0 bridgehead atoms. The van der Waals surface area contributed by atoms with Crippen LogP contribution in [-0.2, 0) is 6.42 Å². The standard InChI is InChI=1S/C15H21ClFNS/c1-18-13(10-19-14-4-2-3-5-14)9-11-8-12(16)6-7-15(11)17/h6-8,13-14,18H,2-5,9-10H2,1H3.